The summed E-state index contributed by atoms with van der Waals surface area (Å²) in [5.41, 5.74) is 6.26. The Hall–Kier alpha value is -1.66. The predicted octanol–water partition coefficient (Wildman–Crippen LogP) is 2.76. The lowest BCUT2D eigenvalue weighted by Gasteiger charge is -2.08. The standard InChI is InChI=1S/C15H19FN2O2S/c1-9(8-19)3-2-6-18-15(20)14-13(17)11-7-10(16)4-5-12(11)21-14/h4-5,7,9,19H,2-3,6,8,17H2,1H3,(H,18,20). The van der Waals surface area contributed by atoms with Crippen LogP contribution in [0.5, 0.6) is 0 Å². The van der Waals surface area contributed by atoms with Crippen LogP contribution in [0.3, 0.4) is 0 Å². The number of hydrogen-bond donors (Lipinski definition) is 3. The molecule has 0 fully saturated rings. The molecule has 1 aromatic carbocycles. The number of nitrogens with two attached hydrogens (primary N) is 1. The second-order valence-electron chi connectivity index (χ2n) is 5.17. The van der Waals surface area contributed by atoms with E-state index in [-0.39, 0.29) is 24.2 Å². The van der Waals surface area contributed by atoms with Crippen molar-refractivity contribution in [2.24, 2.45) is 5.92 Å². The minimum Gasteiger partial charge on any atom is -0.397 e. The van der Waals surface area contributed by atoms with Crippen molar-refractivity contribution in [2.45, 2.75) is 19.8 Å². The quantitative estimate of drug-likeness (QED) is 0.718. The minimum absolute atomic E-state index is 0.156. The summed E-state index contributed by atoms with van der Waals surface area (Å²) in [6, 6.07) is 4.34. The molecule has 0 bridgehead atoms. The van der Waals surface area contributed by atoms with Gasteiger partial charge in [-0.1, -0.05) is 6.92 Å². The number of aliphatic hydroxyl groups is 1. The number of amides is 1. The van der Waals surface area contributed by atoms with Crippen LogP contribution in [0, 0.1) is 11.7 Å². The van der Waals surface area contributed by atoms with Gasteiger partial charge in [0.2, 0.25) is 0 Å². The molecule has 1 amide bonds. The molecular formula is C15H19FN2O2S. The first-order valence-electron chi connectivity index (χ1n) is 6.89. The summed E-state index contributed by atoms with van der Waals surface area (Å²) in [6.07, 6.45) is 1.65. The number of hydrogen-bond acceptors (Lipinski definition) is 4. The van der Waals surface area contributed by atoms with Gasteiger partial charge in [0.05, 0.1) is 5.69 Å². The zero-order valence-corrected chi connectivity index (χ0v) is 12.7. The fraction of sp³-hybridized carbons (Fsp3) is 0.400. The fourth-order valence-electron chi connectivity index (χ4n) is 2.08. The van der Waals surface area contributed by atoms with E-state index in [9.17, 15) is 9.18 Å². The van der Waals surface area contributed by atoms with Crippen LogP contribution in [0.4, 0.5) is 10.1 Å². The molecule has 114 valence electrons. The first kappa shape index (κ1) is 15.7. The van der Waals surface area contributed by atoms with Crippen molar-refractivity contribution in [3.63, 3.8) is 0 Å². The van der Waals surface area contributed by atoms with E-state index in [1.165, 1.54) is 23.5 Å². The lowest BCUT2D eigenvalue weighted by atomic mass is 10.1. The minimum atomic E-state index is -0.364. The Morgan fingerprint density at radius 2 is 2.29 bits per heavy atom. The highest BCUT2D eigenvalue weighted by molar-refractivity contribution is 7.21. The third-order valence-electron chi connectivity index (χ3n) is 3.37. The molecule has 1 atom stereocenters. The molecule has 21 heavy (non-hydrogen) atoms. The highest BCUT2D eigenvalue weighted by Crippen LogP contribution is 2.33. The Labute approximate surface area is 126 Å². The number of nitrogens with one attached hydrogen (secondary N) is 1. The number of halogens is 1. The van der Waals surface area contributed by atoms with E-state index < -0.39 is 0 Å². The second kappa shape index (κ2) is 6.87. The number of carbonyl (C=O) groups excluding carboxylic acids is 1. The van der Waals surface area contributed by atoms with Gasteiger partial charge >= 0.3 is 0 Å². The number of rotatable bonds is 6. The molecular weight excluding hydrogens is 291 g/mol. The molecule has 6 heteroatoms. The molecule has 2 aromatic rings. The summed E-state index contributed by atoms with van der Waals surface area (Å²) in [6.45, 7) is 2.65. The topological polar surface area (TPSA) is 75.3 Å². The molecule has 0 aliphatic heterocycles. The van der Waals surface area contributed by atoms with Crippen molar-refractivity contribution in [3.05, 3.63) is 28.9 Å². The number of nitrogen functional groups attached to an aromatic ring is 1. The van der Waals surface area contributed by atoms with Gasteiger partial charge in [0, 0.05) is 23.2 Å². The molecule has 1 unspecified atom stereocenters. The fourth-order valence-corrected chi connectivity index (χ4v) is 3.10. The first-order chi connectivity index (χ1) is 10.0. The predicted molar refractivity (Wildman–Crippen MR) is 84.0 cm³/mol. The van der Waals surface area contributed by atoms with E-state index in [0.29, 0.717) is 22.5 Å². The summed E-state index contributed by atoms with van der Waals surface area (Å²) in [4.78, 5) is 12.5. The summed E-state index contributed by atoms with van der Waals surface area (Å²) < 4.78 is 14.0. The van der Waals surface area contributed by atoms with Crippen molar-refractivity contribution in [2.75, 3.05) is 18.9 Å². The maximum atomic E-state index is 13.2. The van der Waals surface area contributed by atoms with Crippen molar-refractivity contribution in [3.8, 4) is 0 Å². The van der Waals surface area contributed by atoms with Crippen molar-refractivity contribution in [1.29, 1.82) is 0 Å². The van der Waals surface area contributed by atoms with E-state index in [0.717, 1.165) is 17.5 Å². The highest BCUT2D eigenvalue weighted by Gasteiger charge is 2.16. The third-order valence-corrected chi connectivity index (χ3v) is 4.55. The molecule has 0 saturated carbocycles. The summed E-state index contributed by atoms with van der Waals surface area (Å²) in [5, 5.41) is 12.3. The lowest BCUT2D eigenvalue weighted by Crippen LogP contribution is -2.24. The SMILES string of the molecule is CC(CO)CCCNC(=O)c1sc2ccc(F)cc2c1N. The average molecular weight is 310 g/mol. The molecule has 0 aliphatic rings. The van der Waals surface area contributed by atoms with Gasteiger partial charge in [0.25, 0.3) is 5.91 Å². The van der Waals surface area contributed by atoms with Gasteiger partial charge in [-0.25, -0.2) is 4.39 Å². The van der Waals surface area contributed by atoms with Crippen LogP contribution in [0.1, 0.15) is 29.4 Å². The molecule has 1 aromatic heterocycles. The van der Waals surface area contributed by atoms with E-state index >= 15 is 0 Å². The van der Waals surface area contributed by atoms with Gasteiger partial charge < -0.3 is 16.2 Å². The van der Waals surface area contributed by atoms with Crippen LogP contribution >= 0.6 is 11.3 Å². The maximum Gasteiger partial charge on any atom is 0.263 e. The van der Waals surface area contributed by atoms with Gasteiger partial charge in [0.15, 0.2) is 0 Å². The number of fused-ring (bicyclic) bond motifs is 1. The summed E-state index contributed by atoms with van der Waals surface area (Å²) in [5.74, 6) is -0.359. The van der Waals surface area contributed by atoms with Crippen molar-refractivity contribution in [1.82, 2.24) is 5.32 Å². The molecule has 0 radical (unpaired) electrons. The Morgan fingerprint density at radius 1 is 1.52 bits per heavy atom. The zero-order chi connectivity index (χ0) is 15.4. The molecule has 0 saturated heterocycles. The van der Waals surface area contributed by atoms with Crippen molar-refractivity contribution < 1.29 is 14.3 Å². The summed E-state index contributed by atoms with van der Waals surface area (Å²) in [7, 11) is 0. The van der Waals surface area contributed by atoms with E-state index in [1.54, 1.807) is 6.07 Å². The van der Waals surface area contributed by atoms with Crippen LogP contribution in [-0.4, -0.2) is 24.2 Å². The van der Waals surface area contributed by atoms with Gasteiger partial charge in [-0.3, -0.25) is 4.79 Å². The van der Waals surface area contributed by atoms with Crippen molar-refractivity contribution >= 4 is 33.0 Å². The lowest BCUT2D eigenvalue weighted by molar-refractivity contribution is 0.0957. The molecule has 4 nitrogen and oxygen atoms in total. The van der Waals surface area contributed by atoms with Crippen LogP contribution in [0.15, 0.2) is 18.2 Å². The van der Waals surface area contributed by atoms with Crippen LogP contribution in [0.2, 0.25) is 0 Å². The third kappa shape index (κ3) is 3.71. The van der Waals surface area contributed by atoms with Gasteiger partial charge in [-0.05, 0) is 37.0 Å². The van der Waals surface area contributed by atoms with Crippen LogP contribution < -0.4 is 11.1 Å². The van der Waals surface area contributed by atoms with Gasteiger partial charge in [0.1, 0.15) is 10.7 Å². The molecule has 1 heterocycles. The van der Waals surface area contributed by atoms with E-state index in [2.05, 4.69) is 5.32 Å². The molecule has 0 spiro atoms. The summed E-state index contributed by atoms with van der Waals surface area (Å²) >= 11 is 1.27. The number of anilines is 1. The monoisotopic (exact) mass is 310 g/mol. The van der Waals surface area contributed by atoms with Gasteiger partial charge in [-0.15, -0.1) is 11.3 Å². The maximum absolute atomic E-state index is 13.2. The van der Waals surface area contributed by atoms with Gasteiger partial charge in [-0.2, -0.15) is 0 Å². The Bertz CT molecular complexity index is 642. The molecule has 4 N–H and O–H groups in total. The number of carbonyl (C=O) groups is 1. The number of benzene rings is 1. The highest BCUT2D eigenvalue weighted by atomic mass is 32.1. The Morgan fingerprint density at radius 3 is 3.00 bits per heavy atom. The van der Waals surface area contributed by atoms with E-state index in [1.807, 2.05) is 6.92 Å². The first-order valence-corrected chi connectivity index (χ1v) is 7.71. The van der Waals surface area contributed by atoms with E-state index in [4.69, 9.17) is 10.8 Å². The smallest absolute Gasteiger partial charge is 0.263 e. The number of thiophene rings is 1. The average Bonchev–Trinajstić information content (AvgIpc) is 2.80. The van der Waals surface area contributed by atoms with Crippen LogP contribution in [-0.2, 0) is 0 Å². The normalized spacial score (nSPS) is 12.5. The number of aliphatic hydroxyl groups excluding tert-OH is 1. The Kier molecular flexibility index (Phi) is 5.14. The van der Waals surface area contributed by atoms with Crippen LogP contribution in [0.25, 0.3) is 10.1 Å². The molecule has 0 aliphatic carbocycles. The zero-order valence-electron chi connectivity index (χ0n) is 11.9. The largest absolute Gasteiger partial charge is 0.397 e. The molecule has 2 rings (SSSR count). The second-order valence-corrected chi connectivity index (χ2v) is 6.22. The Balaban J connectivity index is 2.01.